The Morgan fingerprint density at radius 1 is 0.796 bits per heavy atom. The molecule has 0 saturated heterocycles. The van der Waals surface area contributed by atoms with Crippen molar-refractivity contribution in [1.82, 2.24) is 14.5 Å². The standard InChI is InChI=1S/C42H58N4O3/c1-6-9-12-15-16-21-30-46-32(4)38(34-22-17-18-23-36(34)46)42(40-39(41(47)49-42)43-26-27-44-40)35-25-24-33(31-37(35)48-5)45(28-19-13-10-7-2)29-20-14-11-8-3/h17-18,22-27,31H,6-16,19-21,28-30H2,1-5H3. The summed E-state index contributed by atoms with van der Waals surface area (Å²) in [6, 6.07) is 14.9. The highest BCUT2D eigenvalue weighted by atomic mass is 16.6. The lowest BCUT2D eigenvalue weighted by Crippen LogP contribution is -2.32. The number of carbonyl (C=O) groups excluding carboxylic acids is 1. The quantitative estimate of drug-likeness (QED) is 0.0651. The zero-order valence-electron chi connectivity index (χ0n) is 30.7. The first kappa shape index (κ1) is 36.4. The number of methoxy groups -OCH3 is 1. The Labute approximate surface area is 294 Å². The second-order valence-corrected chi connectivity index (χ2v) is 13.7. The number of aryl methyl sites for hydroxylation is 1. The van der Waals surface area contributed by atoms with Crippen LogP contribution in [-0.4, -0.2) is 40.7 Å². The SMILES string of the molecule is CCCCCCCCn1c(C)c(C2(c3ccc(N(CCCCCC)CCCCCC)cc3OC)OC(=O)c3nccnc32)c2ccccc21. The smallest absolute Gasteiger partial charge is 0.360 e. The van der Waals surface area contributed by atoms with Crippen LogP contribution in [0.25, 0.3) is 10.9 Å². The highest BCUT2D eigenvalue weighted by Crippen LogP contribution is 2.52. The highest BCUT2D eigenvalue weighted by Gasteiger charge is 2.54. The number of benzene rings is 2. The molecular weight excluding hydrogens is 608 g/mol. The van der Waals surface area contributed by atoms with E-state index in [1.807, 2.05) is 0 Å². The molecule has 0 amide bonds. The molecule has 1 aliphatic heterocycles. The number of ether oxygens (including phenoxy) is 2. The van der Waals surface area contributed by atoms with Gasteiger partial charge in [0.15, 0.2) is 5.69 Å². The molecule has 3 heterocycles. The molecule has 0 radical (unpaired) electrons. The minimum atomic E-state index is -1.31. The van der Waals surface area contributed by atoms with Crippen molar-refractivity contribution in [1.29, 1.82) is 0 Å². The van der Waals surface area contributed by atoms with Crippen LogP contribution in [0.15, 0.2) is 54.9 Å². The molecule has 49 heavy (non-hydrogen) atoms. The number of unbranched alkanes of at least 4 members (excludes halogenated alkanes) is 11. The van der Waals surface area contributed by atoms with Crippen molar-refractivity contribution in [2.75, 3.05) is 25.1 Å². The van der Waals surface area contributed by atoms with Gasteiger partial charge in [-0.25, -0.2) is 9.78 Å². The maximum atomic E-state index is 13.7. The van der Waals surface area contributed by atoms with Crippen LogP contribution in [0.3, 0.4) is 0 Å². The fourth-order valence-electron chi connectivity index (χ4n) is 7.68. The van der Waals surface area contributed by atoms with Gasteiger partial charge in [0.25, 0.3) is 0 Å². The Morgan fingerprint density at radius 2 is 1.43 bits per heavy atom. The van der Waals surface area contributed by atoms with Crippen molar-refractivity contribution < 1.29 is 14.3 Å². The van der Waals surface area contributed by atoms with Crippen LogP contribution in [0.1, 0.15) is 144 Å². The van der Waals surface area contributed by atoms with Gasteiger partial charge in [0.1, 0.15) is 11.4 Å². The van der Waals surface area contributed by atoms with Crippen molar-refractivity contribution in [3.8, 4) is 5.75 Å². The number of rotatable bonds is 21. The third-order valence-corrected chi connectivity index (χ3v) is 10.3. The van der Waals surface area contributed by atoms with E-state index in [0.717, 1.165) is 72.3 Å². The predicted octanol–water partition coefficient (Wildman–Crippen LogP) is 10.5. The van der Waals surface area contributed by atoms with E-state index in [1.165, 1.54) is 70.6 Å². The Morgan fingerprint density at radius 3 is 2.12 bits per heavy atom. The Kier molecular flexibility index (Phi) is 13.1. The molecule has 7 heteroatoms. The summed E-state index contributed by atoms with van der Waals surface area (Å²) in [5.41, 5.74) is 4.51. The first-order valence-corrected chi connectivity index (χ1v) is 19.1. The summed E-state index contributed by atoms with van der Waals surface area (Å²) in [5.74, 6) is 0.220. The summed E-state index contributed by atoms with van der Waals surface area (Å²) < 4.78 is 15.3. The van der Waals surface area contributed by atoms with Crippen LogP contribution in [0.5, 0.6) is 5.75 Å². The van der Waals surface area contributed by atoms with Crippen LogP contribution in [-0.2, 0) is 16.9 Å². The van der Waals surface area contributed by atoms with Crippen LogP contribution in [0, 0.1) is 6.92 Å². The largest absolute Gasteiger partial charge is 0.496 e. The third kappa shape index (κ3) is 7.81. The minimum Gasteiger partial charge on any atom is -0.496 e. The zero-order chi connectivity index (χ0) is 34.6. The number of aromatic nitrogens is 3. The second-order valence-electron chi connectivity index (χ2n) is 13.7. The second kappa shape index (κ2) is 17.7. The Bertz CT molecular complexity index is 1650. The van der Waals surface area contributed by atoms with E-state index in [2.05, 4.69) is 84.6 Å². The van der Waals surface area contributed by atoms with Gasteiger partial charge in [-0.3, -0.25) is 4.98 Å². The van der Waals surface area contributed by atoms with Crippen molar-refractivity contribution in [3.05, 3.63) is 83.1 Å². The summed E-state index contributed by atoms with van der Waals surface area (Å²) in [5, 5.41) is 1.05. The van der Waals surface area contributed by atoms with Gasteiger partial charge in [0, 0.05) is 71.5 Å². The lowest BCUT2D eigenvalue weighted by Gasteiger charge is -2.32. The number of para-hydroxylation sites is 1. The molecule has 2 aromatic heterocycles. The topological polar surface area (TPSA) is 69.5 Å². The van der Waals surface area contributed by atoms with Crippen molar-refractivity contribution in [2.24, 2.45) is 0 Å². The van der Waals surface area contributed by atoms with E-state index >= 15 is 0 Å². The fraction of sp³-hybridized carbons (Fsp3) is 0.548. The van der Waals surface area contributed by atoms with Crippen molar-refractivity contribution >= 4 is 22.6 Å². The molecule has 0 saturated carbocycles. The predicted molar refractivity (Wildman–Crippen MR) is 201 cm³/mol. The fourth-order valence-corrected chi connectivity index (χ4v) is 7.68. The maximum absolute atomic E-state index is 13.7. The summed E-state index contributed by atoms with van der Waals surface area (Å²) in [6.45, 7) is 11.8. The summed E-state index contributed by atoms with van der Waals surface area (Å²) in [4.78, 5) is 25.6. The molecule has 0 aliphatic carbocycles. The van der Waals surface area contributed by atoms with Gasteiger partial charge in [-0.05, 0) is 44.4 Å². The number of cyclic esters (lactones) is 1. The normalized spacial score (nSPS) is 15.5. The first-order valence-electron chi connectivity index (χ1n) is 19.1. The van der Waals surface area contributed by atoms with Gasteiger partial charge in [-0.2, -0.15) is 0 Å². The number of fused-ring (bicyclic) bond motifs is 2. The summed E-state index contributed by atoms with van der Waals surface area (Å²) in [7, 11) is 1.71. The molecule has 2 aromatic carbocycles. The van der Waals surface area contributed by atoms with Gasteiger partial charge in [-0.1, -0.05) is 110 Å². The molecule has 0 spiro atoms. The van der Waals surface area contributed by atoms with E-state index in [9.17, 15) is 4.79 Å². The van der Waals surface area contributed by atoms with Gasteiger partial charge < -0.3 is 18.9 Å². The Balaban J connectivity index is 1.62. The third-order valence-electron chi connectivity index (χ3n) is 10.3. The van der Waals surface area contributed by atoms with Crippen LogP contribution in [0.4, 0.5) is 5.69 Å². The molecule has 7 nitrogen and oxygen atoms in total. The number of hydrogen-bond donors (Lipinski definition) is 0. The average Bonchev–Trinajstić information content (AvgIpc) is 3.58. The number of anilines is 1. The number of hydrogen-bond acceptors (Lipinski definition) is 6. The van der Waals surface area contributed by atoms with Crippen LogP contribution in [0.2, 0.25) is 0 Å². The van der Waals surface area contributed by atoms with Crippen molar-refractivity contribution in [3.63, 3.8) is 0 Å². The zero-order valence-corrected chi connectivity index (χ0v) is 30.7. The molecule has 1 unspecified atom stereocenters. The monoisotopic (exact) mass is 666 g/mol. The van der Waals surface area contributed by atoms with Crippen LogP contribution >= 0.6 is 0 Å². The molecule has 0 fully saturated rings. The minimum absolute atomic E-state index is 0.259. The number of esters is 1. The van der Waals surface area contributed by atoms with E-state index < -0.39 is 11.6 Å². The van der Waals surface area contributed by atoms with Gasteiger partial charge in [-0.15, -0.1) is 0 Å². The summed E-state index contributed by atoms with van der Waals surface area (Å²) >= 11 is 0. The Hall–Kier alpha value is -3.87. The average molecular weight is 667 g/mol. The molecule has 0 bridgehead atoms. The number of nitrogens with zero attached hydrogens (tertiary/aromatic N) is 4. The molecule has 0 N–H and O–H groups in total. The maximum Gasteiger partial charge on any atom is 0.360 e. The van der Waals surface area contributed by atoms with E-state index in [0.29, 0.717) is 11.4 Å². The van der Waals surface area contributed by atoms with E-state index in [-0.39, 0.29) is 5.69 Å². The molecule has 1 atom stereocenters. The number of carbonyl (C=O) groups is 1. The van der Waals surface area contributed by atoms with Crippen LogP contribution < -0.4 is 9.64 Å². The van der Waals surface area contributed by atoms with Gasteiger partial charge >= 0.3 is 5.97 Å². The molecule has 4 aromatic rings. The highest BCUT2D eigenvalue weighted by molar-refractivity contribution is 5.97. The van der Waals surface area contributed by atoms with Crippen molar-refractivity contribution in [2.45, 2.75) is 130 Å². The molecule has 264 valence electrons. The van der Waals surface area contributed by atoms with E-state index in [4.69, 9.17) is 14.5 Å². The summed E-state index contributed by atoms with van der Waals surface area (Å²) in [6.07, 6.45) is 20.3. The van der Waals surface area contributed by atoms with Gasteiger partial charge in [0.05, 0.1) is 7.11 Å². The van der Waals surface area contributed by atoms with Gasteiger partial charge in [0.2, 0.25) is 5.60 Å². The lowest BCUT2D eigenvalue weighted by atomic mass is 9.81. The first-order chi connectivity index (χ1) is 24.0. The molecule has 5 rings (SSSR count). The lowest BCUT2D eigenvalue weighted by molar-refractivity contribution is 0.0236. The molecular formula is C42H58N4O3. The van der Waals surface area contributed by atoms with E-state index in [1.54, 1.807) is 19.5 Å². The molecule has 1 aliphatic rings.